The van der Waals surface area contributed by atoms with Crippen molar-refractivity contribution in [1.29, 1.82) is 0 Å². The van der Waals surface area contributed by atoms with Gasteiger partial charge in [-0.3, -0.25) is 9.59 Å². The van der Waals surface area contributed by atoms with Crippen LogP contribution in [0.3, 0.4) is 0 Å². The molecule has 0 saturated heterocycles. The van der Waals surface area contributed by atoms with Gasteiger partial charge in [-0.15, -0.1) is 0 Å². The van der Waals surface area contributed by atoms with Crippen molar-refractivity contribution in [3.05, 3.63) is 58.2 Å². The molecule has 2 aromatic carbocycles. The van der Waals surface area contributed by atoms with Gasteiger partial charge in [-0.25, -0.2) is 10.4 Å². The van der Waals surface area contributed by atoms with Crippen molar-refractivity contribution in [1.82, 2.24) is 10.4 Å². The number of amides is 2. The Morgan fingerprint density at radius 1 is 1.00 bits per heavy atom. The van der Waals surface area contributed by atoms with Crippen LogP contribution in [-0.4, -0.2) is 50.3 Å². The summed E-state index contributed by atoms with van der Waals surface area (Å²) in [5.41, 5.74) is 6.10. The predicted octanol–water partition coefficient (Wildman–Crippen LogP) is 6.54. The average molecular weight is 567 g/mol. The number of methoxy groups -OCH3 is 2. The number of nitrogens with zero attached hydrogens (tertiary/aromatic N) is 1. The number of allylic oxidation sites excluding steroid dienone is 1. The third-order valence-corrected chi connectivity index (χ3v) is 7.60. The monoisotopic (exact) mass is 566 g/mol. The molecule has 0 aliphatic carbocycles. The molecule has 224 valence electrons. The van der Waals surface area contributed by atoms with E-state index in [9.17, 15) is 9.59 Å². The molecule has 3 rings (SSSR count). The van der Waals surface area contributed by atoms with Gasteiger partial charge in [0.1, 0.15) is 24.7 Å². The second-order valence-electron chi connectivity index (χ2n) is 12.5. The maximum Gasteiger partial charge on any atom is 0.275 e. The summed E-state index contributed by atoms with van der Waals surface area (Å²) in [7, 11) is 3.07. The molecule has 8 heteroatoms. The van der Waals surface area contributed by atoms with Gasteiger partial charge < -0.3 is 18.9 Å². The number of imide groups is 1. The van der Waals surface area contributed by atoms with Gasteiger partial charge in [0.25, 0.3) is 11.8 Å². The predicted molar refractivity (Wildman–Crippen MR) is 161 cm³/mol. The highest BCUT2D eigenvalue weighted by Gasteiger charge is 2.34. The van der Waals surface area contributed by atoms with Crippen LogP contribution in [0.2, 0.25) is 0 Å². The second-order valence-corrected chi connectivity index (χ2v) is 12.5. The van der Waals surface area contributed by atoms with Gasteiger partial charge in [-0.2, -0.15) is 0 Å². The molecule has 0 spiro atoms. The summed E-state index contributed by atoms with van der Waals surface area (Å²) in [5, 5.41) is 1.12. The number of carbonyl (C=O) groups excluding carboxylic acids is 2. The molecular weight excluding hydrogens is 520 g/mol. The molecule has 2 amide bonds. The molecule has 1 N–H and O–H groups in total. The summed E-state index contributed by atoms with van der Waals surface area (Å²) < 4.78 is 22.7. The molecule has 8 nitrogen and oxygen atoms in total. The fraction of sp³-hybridized carbons (Fsp3) is 0.515. The topological polar surface area (TPSA) is 86.3 Å². The van der Waals surface area contributed by atoms with E-state index < -0.39 is 11.8 Å². The van der Waals surface area contributed by atoms with Gasteiger partial charge in [-0.05, 0) is 55.4 Å². The molecule has 1 heterocycles. The molecule has 0 radical (unpaired) electrons. The van der Waals surface area contributed by atoms with Gasteiger partial charge in [-0.1, -0.05) is 60.1 Å². The first-order valence-corrected chi connectivity index (χ1v) is 14.1. The minimum Gasteiger partial charge on any atom is -0.496 e. The third-order valence-electron chi connectivity index (χ3n) is 7.60. The van der Waals surface area contributed by atoms with Crippen molar-refractivity contribution in [2.75, 3.05) is 27.4 Å². The summed E-state index contributed by atoms with van der Waals surface area (Å²) in [5.74, 6) is 1.11. The van der Waals surface area contributed by atoms with Crippen LogP contribution in [0.25, 0.3) is 0 Å². The number of ether oxygens (including phenoxy) is 4. The molecule has 0 fully saturated rings. The fourth-order valence-electron chi connectivity index (χ4n) is 4.51. The van der Waals surface area contributed by atoms with E-state index in [1.165, 1.54) is 14.2 Å². The number of hydrogen-bond donors (Lipinski definition) is 1. The smallest absolute Gasteiger partial charge is 0.275 e. The lowest BCUT2D eigenvalue weighted by Gasteiger charge is -2.36. The van der Waals surface area contributed by atoms with Gasteiger partial charge >= 0.3 is 0 Å². The Balaban J connectivity index is 2.21. The summed E-state index contributed by atoms with van der Waals surface area (Å²) in [4.78, 5) is 28.7. The van der Waals surface area contributed by atoms with Crippen LogP contribution in [0.4, 0.5) is 0 Å². The number of hydrogen-bond acceptors (Lipinski definition) is 7. The Morgan fingerprint density at radius 2 is 1.59 bits per heavy atom. The number of carbonyl (C=O) groups is 2. The number of fused-ring (bicyclic) bond motifs is 1. The first-order chi connectivity index (χ1) is 19.1. The minimum atomic E-state index is -0.528. The quantitative estimate of drug-likeness (QED) is 0.221. The second kappa shape index (κ2) is 12.6. The van der Waals surface area contributed by atoms with Crippen LogP contribution in [0, 0.1) is 17.8 Å². The Hall–Kier alpha value is -3.52. The molecule has 1 aliphatic rings. The van der Waals surface area contributed by atoms with E-state index in [0.717, 1.165) is 16.1 Å². The van der Waals surface area contributed by atoms with Crippen LogP contribution < -0.4 is 24.4 Å². The SMILES string of the molecule is CCc1c(C(=O)N(NC(C=C(C)C(C)(C)C)C(C)(C)C)C(=O)c2cc(OC)c(C)c(OC)c2)ccc2c1OCCO2. The highest BCUT2D eigenvalue weighted by atomic mass is 16.6. The number of hydrazine groups is 1. The van der Waals surface area contributed by atoms with E-state index in [4.69, 9.17) is 18.9 Å². The molecule has 1 aliphatic heterocycles. The van der Waals surface area contributed by atoms with Crippen LogP contribution in [-0.2, 0) is 6.42 Å². The first-order valence-electron chi connectivity index (χ1n) is 14.1. The highest BCUT2D eigenvalue weighted by Crippen LogP contribution is 2.37. The standard InChI is InChI=1S/C33H46N2O6/c1-12-23-24(13-14-25-29(23)41-16-15-40-25)31(37)35(34-28(33(7,8)9)17-20(2)32(4,5)6)30(36)22-18-26(38-10)21(3)27(19-22)39-11/h13-14,17-19,28,34H,12,15-16H2,1-11H3. The normalized spacial score (nSPS) is 14.4. The Labute approximate surface area is 245 Å². The fourth-order valence-corrected chi connectivity index (χ4v) is 4.51. The molecule has 41 heavy (non-hydrogen) atoms. The largest absolute Gasteiger partial charge is 0.496 e. The van der Waals surface area contributed by atoms with E-state index in [1.54, 1.807) is 24.3 Å². The molecule has 0 aromatic heterocycles. The van der Waals surface area contributed by atoms with Gasteiger partial charge in [0, 0.05) is 28.3 Å². The lowest BCUT2D eigenvalue weighted by atomic mass is 9.81. The van der Waals surface area contributed by atoms with Gasteiger partial charge in [0.2, 0.25) is 0 Å². The van der Waals surface area contributed by atoms with Crippen molar-refractivity contribution in [3.8, 4) is 23.0 Å². The van der Waals surface area contributed by atoms with E-state index in [2.05, 4.69) is 60.0 Å². The zero-order valence-electron chi connectivity index (χ0n) is 26.5. The van der Waals surface area contributed by atoms with Crippen molar-refractivity contribution in [2.45, 2.75) is 74.8 Å². The number of nitrogens with one attached hydrogen (secondary N) is 1. The van der Waals surface area contributed by atoms with Gasteiger partial charge in [0.15, 0.2) is 11.5 Å². The molecule has 0 bridgehead atoms. The number of benzene rings is 2. The third kappa shape index (κ3) is 7.04. The van der Waals surface area contributed by atoms with Crippen LogP contribution in [0.5, 0.6) is 23.0 Å². The zero-order valence-corrected chi connectivity index (χ0v) is 26.5. The first kappa shape index (κ1) is 32.0. The van der Waals surface area contributed by atoms with E-state index >= 15 is 0 Å². The number of rotatable bonds is 8. The molecule has 1 unspecified atom stereocenters. The van der Waals surface area contributed by atoms with Crippen LogP contribution >= 0.6 is 0 Å². The Kier molecular flexibility index (Phi) is 9.80. The van der Waals surface area contributed by atoms with E-state index in [1.807, 2.05) is 13.8 Å². The lowest BCUT2D eigenvalue weighted by molar-refractivity contribution is 0.0463. The van der Waals surface area contributed by atoms with Crippen LogP contribution in [0.15, 0.2) is 35.9 Å². The molecule has 0 saturated carbocycles. The van der Waals surface area contributed by atoms with Crippen molar-refractivity contribution >= 4 is 11.8 Å². The maximum atomic E-state index is 14.4. The summed E-state index contributed by atoms with van der Waals surface area (Å²) in [6, 6.07) is 6.34. The van der Waals surface area contributed by atoms with Crippen LogP contribution in [0.1, 0.15) is 87.2 Å². The average Bonchev–Trinajstić information content (AvgIpc) is 2.92. The Bertz CT molecular complexity index is 1290. The lowest BCUT2D eigenvalue weighted by Crippen LogP contribution is -2.55. The molecule has 1 atom stereocenters. The van der Waals surface area contributed by atoms with Crippen molar-refractivity contribution < 1.29 is 28.5 Å². The summed E-state index contributed by atoms with van der Waals surface area (Å²) >= 11 is 0. The van der Waals surface area contributed by atoms with Gasteiger partial charge in [0.05, 0.1) is 14.2 Å². The summed E-state index contributed by atoms with van der Waals surface area (Å²) in [6.07, 6.45) is 2.63. The van der Waals surface area contributed by atoms with Crippen molar-refractivity contribution in [3.63, 3.8) is 0 Å². The van der Waals surface area contributed by atoms with Crippen molar-refractivity contribution in [2.24, 2.45) is 10.8 Å². The minimum absolute atomic E-state index is 0.0903. The zero-order chi connectivity index (χ0) is 30.7. The summed E-state index contributed by atoms with van der Waals surface area (Å²) in [6.45, 7) is 19.3. The highest BCUT2D eigenvalue weighted by molar-refractivity contribution is 6.11. The molecular formula is C33H46N2O6. The molecule has 2 aromatic rings. The maximum absolute atomic E-state index is 14.4. The van der Waals surface area contributed by atoms with E-state index in [0.29, 0.717) is 53.8 Å². The Morgan fingerprint density at radius 3 is 2.10 bits per heavy atom. The van der Waals surface area contributed by atoms with E-state index in [-0.39, 0.29) is 22.4 Å².